The van der Waals surface area contributed by atoms with Gasteiger partial charge >= 0.3 is 0 Å². The molecule has 1 aromatic rings. The molecule has 0 atom stereocenters. The Morgan fingerprint density at radius 3 is 2.92 bits per heavy atom. The van der Waals surface area contributed by atoms with Crippen LogP contribution in [0.1, 0.15) is 25.5 Å². The third-order valence-electron chi connectivity index (χ3n) is 1.87. The lowest BCUT2D eigenvalue weighted by Crippen LogP contribution is -2.35. The standard InChI is InChI=1S/C8H16N3O/c1-3-4-5-11-6-8(7-12)10(2)9-11/h6,12H,3-5,7H2,1-2H3/q+1. The van der Waals surface area contributed by atoms with E-state index in [2.05, 4.69) is 12.1 Å². The maximum atomic E-state index is 8.88. The van der Waals surface area contributed by atoms with Gasteiger partial charge in [-0.25, -0.2) is 0 Å². The van der Waals surface area contributed by atoms with Crippen LogP contribution in [0.4, 0.5) is 0 Å². The highest BCUT2D eigenvalue weighted by Crippen LogP contribution is 1.91. The van der Waals surface area contributed by atoms with Crippen LogP contribution >= 0.6 is 0 Å². The highest BCUT2D eigenvalue weighted by atomic mass is 16.3. The highest BCUT2D eigenvalue weighted by Gasteiger charge is 2.09. The zero-order valence-corrected chi connectivity index (χ0v) is 7.69. The topological polar surface area (TPSA) is 41.9 Å². The Balaban J connectivity index is 2.62. The molecule has 0 unspecified atom stereocenters. The van der Waals surface area contributed by atoms with Crippen LogP contribution in [-0.4, -0.2) is 15.0 Å². The summed E-state index contributed by atoms with van der Waals surface area (Å²) in [5.41, 5.74) is 0.853. The number of unbranched alkanes of at least 4 members (excludes halogenated alkanes) is 1. The molecule has 0 aliphatic rings. The highest BCUT2D eigenvalue weighted by molar-refractivity contribution is 4.85. The lowest BCUT2D eigenvalue weighted by molar-refractivity contribution is -0.755. The molecule has 12 heavy (non-hydrogen) atoms. The summed E-state index contributed by atoms with van der Waals surface area (Å²) in [6.45, 7) is 3.14. The van der Waals surface area contributed by atoms with Crippen LogP contribution in [0.2, 0.25) is 0 Å². The van der Waals surface area contributed by atoms with Gasteiger partial charge in [0.05, 0.1) is 5.21 Å². The van der Waals surface area contributed by atoms with Crippen molar-refractivity contribution >= 4 is 0 Å². The number of aromatic nitrogens is 3. The molecule has 0 saturated heterocycles. The molecule has 0 fully saturated rings. The van der Waals surface area contributed by atoms with E-state index in [9.17, 15) is 0 Å². The molecule has 0 saturated carbocycles. The minimum absolute atomic E-state index is 0.0582. The third-order valence-corrected chi connectivity index (χ3v) is 1.87. The van der Waals surface area contributed by atoms with Crippen molar-refractivity contribution in [3.05, 3.63) is 11.9 Å². The molecule has 1 rings (SSSR count). The molecule has 4 nitrogen and oxygen atoms in total. The molecule has 0 radical (unpaired) electrons. The number of aryl methyl sites for hydroxylation is 2. The van der Waals surface area contributed by atoms with Crippen molar-refractivity contribution in [3.8, 4) is 0 Å². The van der Waals surface area contributed by atoms with Crippen molar-refractivity contribution in [2.75, 3.05) is 0 Å². The lowest BCUT2D eigenvalue weighted by Gasteiger charge is -1.88. The Kier molecular flexibility index (Phi) is 3.22. The second-order valence-corrected chi connectivity index (χ2v) is 2.91. The van der Waals surface area contributed by atoms with E-state index in [1.807, 2.05) is 17.9 Å². The molecule has 0 aliphatic heterocycles. The molecule has 0 bridgehead atoms. The molecule has 1 N–H and O–H groups in total. The van der Waals surface area contributed by atoms with Crippen molar-refractivity contribution in [2.45, 2.75) is 32.9 Å². The third kappa shape index (κ3) is 2.04. The first-order valence-corrected chi connectivity index (χ1v) is 4.31. The number of aliphatic hydroxyl groups is 1. The molecule has 0 spiro atoms. The molecular weight excluding hydrogens is 154 g/mol. The zero-order valence-electron chi connectivity index (χ0n) is 7.69. The number of aliphatic hydroxyl groups excluding tert-OH is 1. The van der Waals surface area contributed by atoms with Crippen LogP contribution in [0.15, 0.2) is 6.20 Å². The van der Waals surface area contributed by atoms with Gasteiger partial charge in [0.25, 0.3) is 0 Å². The molecule has 0 aliphatic carbocycles. The Hall–Kier alpha value is -0.900. The van der Waals surface area contributed by atoms with Crippen molar-refractivity contribution in [1.29, 1.82) is 0 Å². The van der Waals surface area contributed by atoms with E-state index in [4.69, 9.17) is 5.11 Å². The minimum Gasteiger partial charge on any atom is -0.388 e. The van der Waals surface area contributed by atoms with Gasteiger partial charge in [-0.05, 0) is 6.42 Å². The first-order chi connectivity index (χ1) is 5.77. The van der Waals surface area contributed by atoms with Gasteiger partial charge in [0, 0.05) is 0 Å². The van der Waals surface area contributed by atoms with Crippen LogP contribution in [0, 0.1) is 0 Å². The van der Waals surface area contributed by atoms with Gasteiger partial charge in [-0.1, -0.05) is 13.3 Å². The van der Waals surface area contributed by atoms with Gasteiger partial charge in [0.2, 0.25) is 0 Å². The number of hydrogen-bond donors (Lipinski definition) is 1. The maximum absolute atomic E-state index is 8.88. The monoisotopic (exact) mass is 170 g/mol. The van der Waals surface area contributed by atoms with Gasteiger partial charge in [-0.3, -0.25) is 0 Å². The normalized spacial score (nSPS) is 10.6. The van der Waals surface area contributed by atoms with Gasteiger partial charge in [-0.15, -0.1) is 9.36 Å². The van der Waals surface area contributed by atoms with Crippen LogP contribution in [-0.2, 0) is 20.2 Å². The summed E-state index contributed by atoms with van der Waals surface area (Å²) in [7, 11) is 1.84. The van der Waals surface area contributed by atoms with Crippen molar-refractivity contribution in [3.63, 3.8) is 0 Å². The second-order valence-electron chi connectivity index (χ2n) is 2.91. The van der Waals surface area contributed by atoms with Crippen LogP contribution < -0.4 is 4.68 Å². The van der Waals surface area contributed by atoms with Gasteiger partial charge < -0.3 is 5.11 Å². The molecule has 68 valence electrons. The van der Waals surface area contributed by atoms with Crippen LogP contribution in [0.5, 0.6) is 0 Å². The summed E-state index contributed by atoms with van der Waals surface area (Å²) in [6.07, 6.45) is 4.18. The SMILES string of the molecule is CCCC[n+]1cc(CO)n(C)n1. The molecule has 0 aromatic carbocycles. The summed E-state index contributed by atoms with van der Waals surface area (Å²) in [5, 5.41) is 13.1. The van der Waals surface area contributed by atoms with Crippen molar-refractivity contribution in [1.82, 2.24) is 9.90 Å². The number of hydrogen-bond acceptors (Lipinski definition) is 2. The fourth-order valence-electron chi connectivity index (χ4n) is 1.08. The summed E-state index contributed by atoms with van der Waals surface area (Å²) >= 11 is 0. The summed E-state index contributed by atoms with van der Waals surface area (Å²) in [5.74, 6) is 0. The van der Waals surface area contributed by atoms with E-state index in [1.54, 1.807) is 4.68 Å². The molecule has 4 heteroatoms. The van der Waals surface area contributed by atoms with E-state index in [-0.39, 0.29) is 6.61 Å². The van der Waals surface area contributed by atoms with E-state index in [0.29, 0.717) is 0 Å². The Bertz CT molecular complexity index is 244. The quantitative estimate of drug-likeness (QED) is 0.646. The fourth-order valence-corrected chi connectivity index (χ4v) is 1.08. The van der Waals surface area contributed by atoms with Gasteiger partial charge in [0.15, 0.2) is 11.9 Å². The summed E-state index contributed by atoms with van der Waals surface area (Å²) in [4.78, 5) is 0. The van der Waals surface area contributed by atoms with Crippen molar-refractivity contribution in [2.24, 2.45) is 7.05 Å². The average Bonchev–Trinajstić information content (AvgIpc) is 2.43. The molecule has 0 amide bonds. The van der Waals surface area contributed by atoms with E-state index in [0.717, 1.165) is 25.1 Å². The zero-order chi connectivity index (χ0) is 8.97. The fraction of sp³-hybridized carbons (Fsp3) is 0.750. The summed E-state index contributed by atoms with van der Waals surface area (Å²) in [6, 6.07) is 0. The van der Waals surface area contributed by atoms with E-state index in [1.165, 1.54) is 0 Å². The largest absolute Gasteiger partial charge is 0.388 e. The first kappa shape index (κ1) is 9.19. The lowest BCUT2D eigenvalue weighted by atomic mass is 10.3. The summed E-state index contributed by atoms with van der Waals surface area (Å²) < 4.78 is 3.57. The Morgan fingerprint density at radius 2 is 2.42 bits per heavy atom. The minimum atomic E-state index is 0.0582. The second kappa shape index (κ2) is 4.21. The van der Waals surface area contributed by atoms with Crippen LogP contribution in [0.3, 0.4) is 0 Å². The van der Waals surface area contributed by atoms with Crippen LogP contribution in [0.25, 0.3) is 0 Å². The maximum Gasteiger partial charge on any atom is 0.192 e. The average molecular weight is 170 g/mol. The van der Waals surface area contributed by atoms with E-state index < -0.39 is 0 Å². The Morgan fingerprint density at radius 1 is 1.67 bits per heavy atom. The molecule has 1 heterocycles. The Labute approximate surface area is 72.4 Å². The van der Waals surface area contributed by atoms with Crippen molar-refractivity contribution < 1.29 is 9.79 Å². The predicted molar refractivity (Wildman–Crippen MR) is 44.2 cm³/mol. The van der Waals surface area contributed by atoms with Gasteiger partial charge in [-0.2, -0.15) is 0 Å². The molecular formula is C8H16N3O+. The predicted octanol–water partition coefficient (Wildman–Crippen LogP) is -0.000000000000000167. The van der Waals surface area contributed by atoms with E-state index >= 15 is 0 Å². The van der Waals surface area contributed by atoms with Gasteiger partial charge in [0.1, 0.15) is 20.2 Å². The number of nitrogens with zero attached hydrogens (tertiary/aromatic N) is 3. The smallest absolute Gasteiger partial charge is 0.192 e. The number of rotatable bonds is 4. The molecule has 1 aromatic heterocycles. The first-order valence-electron chi connectivity index (χ1n) is 4.31.